The molecule has 3 aliphatic rings. The molecule has 2 aromatic rings. The van der Waals surface area contributed by atoms with Crippen LogP contribution in [0.1, 0.15) is 76.0 Å². The largest absolute Gasteiger partial charge is 0.455 e. The van der Waals surface area contributed by atoms with E-state index in [0.29, 0.717) is 44.3 Å². The van der Waals surface area contributed by atoms with Gasteiger partial charge in [-0.3, -0.25) is 19.2 Å². The number of aliphatic hydroxyl groups is 1. The molecule has 3 saturated heterocycles. The van der Waals surface area contributed by atoms with Crippen molar-refractivity contribution in [3.8, 4) is 0 Å². The van der Waals surface area contributed by atoms with Crippen LogP contribution in [0.3, 0.4) is 0 Å². The van der Waals surface area contributed by atoms with Gasteiger partial charge in [-0.25, -0.2) is 0 Å². The molecule has 3 heterocycles. The summed E-state index contributed by atoms with van der Waals surface area (Å²) >= 11 is 0. The van der Waals surface area contributed by atoms with Crippen LogP contribution < -0.4 is 5.32 Å². The van der Waals surface area contributed by atoms with Crippen LogP contribution in [0.2, 0.25) is 0 Å². The summed E-state index contributed by atoms with van der Waals surface area (Å²) in [5, 5.41) is 13.8. The number of rotatable bonds is 19. The van der Waals surface area contributed by atoms with Crippen LogP contribution in [0.5, 0.6) is 0 Å². The van der Waals surface area contributed by atoms with Crippen molar-refractivity contribution in [2.75, 3.05) is 19.7 Å². The number of amides is 3. The minimum Gasteiger partial charge on any atom is -0.455 e. The Labute approximate surface area is 301 Å². The highest BCUT2D eigenvalue weighted by atomic mass is 16.6. The number of ether oxygens (including phenoxy) is 2. The topological polar surface area (TPSA) is 125 Å². The lowest BCUT2D eigenvalue weighted by molar-refractivity contribution is -0.162. The van der Waals surface area contributed by atoms with Gasteiger partial charge in [0.1, 0.15) is 17.7 Å². The maximum absolute atomic E-state index is 14.8. The van der Waals surface area contributed by atoms with E-state index < -0.39 is 53.7 Å². The molecule has 2 aromatic carbocycles. The summed E-state index contributed by atoms with van der Waals surface area (Å²) in [5.41, 5.74) is 0.347. The van der Waals surface area contributed by atoms with E-state index in [1.807, 2.05) is 60.7 Å². The minimum atomic E-state index is -1.26. The molecule has 3 aliphatic heterocycles. The van der Waals surface area contributed by atoms with Crippen molar-refractivity contribution in [3.05, 3.63) is 97.1 Å². The summed E-state index contributed by atoms with van der Waals surface area (Å²) in [6.07, 6.45) is 6.61. The van der Waals surface area contributed by atoms with E-state index in [-0.39, 0.29) is 30.7 Å². The Balaban J connectivity index is 1.50. The van der Waals surface area contributed by atoms with Crippen molar-refractivity contribution in [1.29, 1.82) is 0 Å². The lowest BCUT2D eigenvalue weighted by Crippen LogP contribution is -2.59. The molecule has 0 radical (unpaired) electrons. The van der Waals surface area contributed by atoms with Crippen molar-refractivity contribution in [2.45, 2.75) is 101 Å². The molecule has 3 fully saturated rings. The predicted octanol–water partition coefficient (Wildman–Crippen LogP) is 4.92. The molecule has 3 amide bonds. The van der Waals surface area contributed by atoms with Gasteiger partial charge in [-0.05, 0) is 50.2 Å². The van der Waals surface area contributed by atoms with Gasteiger partial charge < -0.3 is 29.7 Å². The number of aliphatic hydroxyl groups excluding tert-OH is 1. The minimum absolute atomic E-state index is 0.193. The number of nitrogens with zero attached hydrogens (tertiary/aromatic N) is 2. The molecule has 51 heavy (non-hydrogen) atoms. The maximum Gasteiger partial charge on any atom is 0.313 e. The molecule has 1 spiro atoms. The Kier molecular flexibility index (Phi) is 12.9. The van der Waals surface area contributed by atoms with E-state index in [4.69, 9.17) is 9.47 Å². The fraction of sp³-hybridized carbons (Fsp3) is 0.512. The zero-order chi connectivity index (χ0) is 36.5. The molecule has 274 valence electrons. The standard InChI is InChI=1S/C41H53N3O7/c1-5-8-16-25-43(24-7-3)39(48)37-41-23-22-32(51-41)34(35(41)38(47)44(37)31(27-45)26-29-17-12-10-13-18-29)40(49)50-36(30-19-14-11-15-20-30)28(4)42-33(46)21-9-6-2/h6-7,10-15,17-20,28,31-32,34-37,45H,2-3,5,8-9,16,21-27H2,1,4H3,(H,42,46)/t28-,31-,32+,34-,35-,36-,37+,41-/m1/s1. The molecule has 0 saturated carbocycles. The molecule has 0 aromatic heterocycles. The van der Waals surface area contributed by atoms with Crippen LogP contribution >= 0.6 is 0 Å². The second-order valence-corrected chi connectivity index (χ2v) is 14.1. The van der Waals surface area contributed by atoms with Crippen LogP contribution in [-0.4, -0.2) is 88.1 Å². The highest BCUT2D eigenvalue weighted by Gasteiger charge is 2.75. The molecule has 0 aliphatic carbocycles. The SMILES string of the molecule is C=CCCC(=O)N[C@H](C)[C@@H](OC(=O)[C@@H]1[C@@H]2CC[C@]3(O2)[C@H](C(=O)N(CC=C)CCCCC)N([C@@H](CO)Cc2ccccc2)C(=O)[C@@H]13)c1ccccc1. The van der Waals surface area contributed by atoms with E-state index in [2.05, 4.69) is 25.4 Å². The summed E-state index contributed by atoms with van der Waals surface area (Å²) in [7, 11) is 0. The molecule has 10 heteroatoms. The number of unbranched alkanes of at least 4 members (excludes halogenated alkanes) is 2. The summed E-state index contributed by atoms with van der Waals surface area (Å²) in [4.78, 5) is 60.0. The summed E-state index contributed by atoms with van der Waals surface area (Å²) < 4.78 is 13.0. The van der Waals surface area contributed by atoms with E-state index in [9.17, 15) is 24.3 Å². The first-order valence-electron chi connectivity index (χ1n) is 18.4. The quantitative estimate of drug-likeness (QED) is 0.121. The van der Waals surface area contributed by atoms with Crippen LogP contribution in [0, 0.1) is 11.8 Å². The third kappa shape index (κ3) is 7.97. The first kappa shape index (κ1) is 38.0. The van der Waals surface area contributed by atoms with Gasteiger partial charge >= 0.3 is 5.97 Å². The Morgan fingerprint density at radius 3 is 2.45 bits per heavy atom. The van der Waals surface area contributed by atoms with Crippen molar-refractivity contribution in [3.63, 3.8) is 0 Å². The van der Waals surface area contributed by atoms with Crippen molar-refractivity contribution < 1.29 is 33.8 Å². The molecule has 8 atom stereocenters. The number of esters is 1. The fourth-order valence-corrected chi connectivity index (χ4v) is 8.28. The van der Waals surface area contributed by atoms with E-state index in [1.54, 1.807) is 24.0 Å². The van der Waals surface area contributed by atoms with Crippen molar-refractivity contribution in [2.24, 2.45) is 11.8 Å². The third-order valence-electron chi connectivity index (χ3n) is 10.6. The fourth-order valence-electron chi connectivity index (χ4n) is 8.28. The van der Waals surface area contributed by atoms with Gasteiger partial charge in [0.15, 0.2) is 0 Å². The lowest BCUT2D eigenvalue weighted by Gasteiger charge is -2.39. The zero-order valence-electron chi connectivity index (χ0n) is 30.0. The Morgan fingerprint density at radius 1 is 1.10 bits per heavy atom. The van der Waals surface area contributed by atoms with Gasteiger partial charge in [0, 0.05) is 19.5 Å². The number of likely N-dealkylation sites (tertiary alicyclic amines) is 1. The summed E-state index contributed by atoms with van der Waals surface area (Å²) in [6.45, 7) is 11.9. The summed E-state index contributed by atoms with van der Waals surface area (Å²) in [5.74, 6) is -3.39. The first-order chi connectivity index (χ1) is 24.7. The van der Waals surface area contributed by atoms with Gasteiger partial charge in [-0.2, -0.15) is 0 Å². The Bertz CT molecular complexity index is 1530. The number of hydrogen-bond acceptors (Lipinski definition) is 7. The normalized spacial score (nSPS) is 25.1. The van der Waals surface area contributed by atoms with E-state index >= 15 is 0 Å². The highest BCUT2D eigenvalue weighted by molar-refractivity contribution is 5.98. The highest BCUT2D eigenvalue weighted by Crippen LogP contribution is 2.59. The van der Waals surface area contributed by atoms with Gasteiger partial charge in [0.2, 0.25) is 17.7 Å². The van der Waals surface area contributed by atoms with Crippen molar-refractivity contribution in [1.82, 2.24) is 15.1 Å². The monoisotopic (exact) mass is 699 g/mol. The molecular formula is C41H53N3O7. The van der Waals surface area contributed by atoms with Crippen LogP contribution in [0.4, 0.5) is 0 Å². The third-order valence-corrected chi connectivity index (χ3v) is 10.6. The van der Waals surface area contributed by atoms with Gasteiger partial charge in [0.25, 0.3) is 0 Å². The molecule has 5 rings (SSSR count). The number of carbonyl (C=O) groups excluding carboxylic acids is 4. The van der Waals surface area contributed by atoms with E-state index in [1.165, 1.54) is 4.90 Å². The second kappa shape index (κ2) is 17.3. The number of nitrogens with one attached hydrogen (secondary N) is 1. The smallest absolute Gasteiger partial charge is 0.313 e. The molecule has 2 bridgehead atoms. The van der Waals surface area contributed by atoms with Gasteiger partial charge in [-0.15, -0.1) is 13.2 Å². The molecule has 10 nitrogen and oxygen atoms in total. The predicted molar refractivity (Wildman–Crippen MR) is 194 cm³/mol. The molecular weight excluding hydrogens is 646 g/mol. The van der Waals surface area contributed by atoms with Gasteiger partial charge in [-0.1, -0.05) is 92.6 Å². The van der Waals surface area contributed by atoms with Crippen LogP contribution in [0.25, 0.3) is 0 Å². The molecule has 0 unspecified atom stereocenters. The average Bonchev–Trinajstić information content (AvgIpc) is 3.79. The number of carbonyl (C=O) groups is 4. The maximum atomic E-state index is 14.8. The van der Waals surface area contributed by atoms with Crippen LogP contribution in [0.15, 0.2) is 86.0 Å². The Morgan fingerprint density at radius 2 is 1.80 bits per heavy atom. The van der Waals surface area contributed by atoms with Gasteiger partial charge in [0.05, 0.1) is 36.6 Å². The number of allylic oxidation sites excluding steroid dienone is 1. The number of benzene rings is 2. The van der Waals surface area contributed by atoms with Crippen molar-refractivity contribution >= 4 is 23.7 Å². The second-order valence-electron chi connectivity index (χ2n) is 14.1. The zero-order valence-corrected chi connectivity index (χ0v) is 30.0. The molecule has 2 N–H and O–H groups in total. The lowest BCUT2D eigenvalue weighted by atomic mass is 9.70. The number of fused-ring (bicyclic) bond motifs is 1. The van der Waals surface area contributed by atoms with Crippen LogP contribution in [-0.2, 0) is 35.1 Å². The number of hydrogen-bond donors (Lipinski definition) is 2. The average molecular weight is 700 g/mol. The first-order valence-corrected chi connectivity index (χ1v) is 18.4. The van der Waals surface area contributed by atoms with E-state index in [0.717, 1.165) is 24.8 Å². The summed E-state index contributed by atoms with van der Waals surface area (Å²) in [6, 6.07) is 16.4. The Hall–Kier alpha value is -4.28.